The van der Waals surface area contributed by atoms with Crippen LogP contribution in [0.15, 0.2) is 72.5 Å². The number of ether oxygens (including phenoxy) is 2. The van der Waals surface area contributed by atoms with E-state index in [0.717, 1.165) is 6.07 Å². The Morgan fingerprint density at radius 2 is 1.83 bits per heavy atom. The van der Waals surface area contributed by atoms with Crippen LogP contribution >= 0.6 is 0 Å². The summed E-state index contributed by atoms with van der Waals surface area (Å²) in [5.41, 5.74) is 0.657. The van der Waals surface area contributed by atoms with Crippen molar-refractivity contribution in [3.63, 3.8) is 0 Å². The van der Waals surface area contributed by atoms with Gasteiger partial charge in [0.25, 0.3) is 5.69 Å². The molecule has 1 aliphatic rings. The fraction of sp³-hybridized carbons (Fsp3) is 0. The van der Waals surface area contributed by atoms with E-state index in [9.17, 15) is 24.1 Å². The summed E-state index contributed by atoms with van der Waals surface area (Å²) in [4.78, 5) is 35.0. The molecule has 8 heteroatoms. The molecule has 148 valence electrons. The van der Waals surface area contributed by atoms with Crippen molar-refractivity contribution < 1.29 is 28.4 Å². The summed E-state index contributed by atoms with van der Waals surface area (Å²) in [6.45, 7) is 0. The molecule has 0 aromatic heterocycles. The van der Waals surface area contributed by atoms with Crippen molar-refractivity contribution in [2.24, 2.45) is 0 Å². The number of rotatable bonds is 4. The molecule has 0 radical (unpaired) electrons. The van der Waals surface area contributed by atoms with Gasteiger partial charge in [0.05, 0.1) is 16.1 Å². The number of nitrogens with zero attached hydrogens (tertiary/aromatic N) is 1. The Labute approximate surface area is 169 Å². The fourth-order valence-corrected chi connectivity index (χ4v) is 2.85. The fourth-order valence-electron chi connectivity index (χ4n) is 2.85. The number of ketones is 1. The molecule has 30 heavy (non-hydrogen) atoms. The van der Waals surface area contributed by atoms with Gasteiger partial charge in [0.1, 0.15) is 17.3 Å². The molecule has 1 heterocycles. The number of carbonyl (C=O) groups is 2. The number of halogens is 1. The number of Topliss-reactive ketones (excluding diaryl/α,β-unsaturated/α-hetero) is 1. The molecule has 0 aliphatic carbocycles. The molecule has 0 bridgehead atoms. The number of benzene rings is 3. The molecule has 3 aromatic carbocycles. The third-order valence-electron chi connectivity index (χ3n) is 4.31. The first-order valence-electron chi connectivity index (χ1n) is 8.71. The second-order valence-corrected chi connectivity index (χ2v) is 6.35. The van der Waals surface area contributed by atoms with Gasteiger partial charge in [-0.05, 0) is 42.0 Å². The molecule has 0 N–H and O–H groups in total. The Hall–Kier alpha value is -4.33. The standard InChI is InChI=1S/C22H12FNO6/c23-15-6-4-13(5-7-15)10-20-21(25)18-9-8-17(12-19(18)30-20)29-22(26)14-2-1-3-16(11-14)24(27)28/h1-12H. The van der Waals surface area contributed by atoms with Gasteiger partial charge in [0, 0.05) is 18.2 Å². The van der Waals surface area contributed by atoms with Crippen LogP contribution in [-0.4, -0.2) is 16.7 Å². The normalized spacial score (nSPS) is 13.6. The number of fused-ring (bicyclic) bond motifs is 1. The van der Waals surface area contributed by atoms with Crippen LogP contribution in [0.3, 0.4) is 0 Å². The number of non-ortho nitro benzene ring substituents is 1. The summed E-state index contributed by atoms with van der Waals surface area (Å²) >= 11 is 0. The number of carbonyl (C=O) groups excluding carboxylic acids is 2. The predicted molar refractivity (Wildman–Crippen MR) is 104 cm³/mol. The average Bonchev–Trinajstić information content (AvgIpc) is 3.04. The Kier molecular flexibility index (Phi) is 4.81. The molecule has 4 rings (SSSR count). The third-order valence-corrected chi connectivity index (χ3v) is 4.31. The number of hydrogen-bond acceptors (Lipinski definition) is 6. The lowest BCUT2D eigenvalue weighted by Gasteiger charge is -2.05. The zero-order valence-electron chi connectivity index (χ0n) is 15.2. The Balaban J connectivity index is 1.54. The first kappa shape index (κ1) is 19.0. The number of esters is 1. The van der Waals surface area contributed by atoms with Crippen LogP contribution in [0.4, 0.5) is 10.1 Å². The van der Waals surface area contributed by atoms with E-state index in [1.807, 2.05) is 0 Å². The lowest BCUT2D eigenvalue weighted by Crippen LogP contribution is -2.08. The van der Waals surface area contributed by atoms with Crippen LogP contribution in [0.25, 0.3) is 6.08 Å². The molecule has 0 fully saturated rings. The molecule has 0 unspecified atom stereocenters. The largest absolute Gasteiger partial charge is 0.452 e. The molecule has 1 aliphatic heterocycles. The maximum Gasteiger partial charge on any atom is 0.343 e. The predicted octanol–water partition coefficient (Wildman–Crippen LogP) is 4.57. The maximum atomic E-state index is 13.0. The Morgan fingerprint density at radius 3 is 2.57 bits per heavy atom. The molecule has 0 atom stereocenters. The maximum absolute atomic E-state index is 13.0. The van der Waals surface area contributed by atoms with E-state index in [0.29, 0.717) is 11.1 Å². The van der Waals surface area contributed by atoms with E-state index in [1.54, 1.807) is 0 Å². The monoisotopic (exact) mass is 405 g/mol. The summed E-state index contributed by atoms with van der Waals surface area (Å²) in [5, 5.41) is 10.9. The Morgan fingerprint density at radius 1 is 1.07 bits per heavy atom. The summed E-state index contributed by atoms with van der Waals surface area (Å²) in [5.74, 6) is -1.16. The van der Waals surface area contributed by atoms with Crippen molar-refractivity contribution in [2.75, 3.05) is 0 Å². The third kappa shape index (κ3) is 3.79. The van der Waals surface area contributed by atoms with Crippen molar-refractivity contribution in [3.05, 3.63) is 105 Å². The molecular formula is C22H12FNO6. The van der Waals surface area contributed by atoms with Gasteiger partial charge in [-0.1, -0.05) is 18.2 Å². The number of hydrogen-bond donors (Lipinski definition) is 0. The van der Waals surface area contributed by atoms with Crippen LogP contribution in [0.2, 0.25) is 0 Å². The van der Waals surface area contributed by atoms with Crippen molar-refractivity contribution in [2.45, 2.75) is 0 Å². The van der Waals surface area contributed by atoms with Crippen LogP contribution < -0.4 is 9.47 Å². The molecule has 7 nitrogen and oxygen atoms in total. The molecule has 0 spiro atoms. The number of nitro benzene ring substituents is 1. The van der Waals surface area contributed by atoms with Crippen molar-refractivity contribution in [3.8, 4) is 11.5 Å². The first-order chi connectivity index (χ1) is 14.4. The van der Waals surface area contributed by atoms with Crippen molar-refractivity contribution in [1.82, 2.24) is 0 Å². The smallest absolute Gasteiger partial charge is 0.343 e. The van der Waals surface area contributed by atoms with Crippen LogP contribution in [0.1, 0.15) is 26.3 Å². The highest BCUT2D eigenvalue weighted by Crippen LogP contribution is 2.35. The summed E-state index contributed by atoms with van der Waals surface area (Å²) in [6.07, 6.45) is 1.48. The average molecular weight is 405 g/mol. The van der Waals surface area contributed by atoms with E-state index < -0.39 is 16.7 Å². The number of nitro groups is 1. The highest BCUT2D eigenvalue weighted by molar-refractivity contribution is 6.14. The van der Waals surface area contributed by atoms with Gasteiger partial charge in [-0.25, -0.2) is 9.18 Å². The van der Waals surface area contributed by atoms with Gasteiger partial charge >= 0.3 is 5.97 Å². The van der Waals surface area contributed by atoms with Gasteiger partial charge in [-0.2, -0.15) is 0 Å². The minimum atomic E-state index is -0.787. The minimum Gasteiger partial charge on any atom is -0.452 e. The van der Waals surface area contributed by atoms with Crippen LogP contribution in [-0.2, 0) is 0 Å². The minimum absolute atomic E-state index is 0.0126. The van der Waals surface area contributed by atoms with E-state index in [1.165, 1.54) is 66.7 Å². The summed E-state index contributed by atoms with van der Waals surface area (Å²) < 4.78 is 23.8. The molecule has 0 amide bonds. The zero-order chi connectivity index (χ0) is 21.3. The second kappa shape index (κ2) is 7.59. The SMILES string of the molecule is O=C(Oc1ccc2c(c1)OC(=Cc1ccc(F)cc1)C2=O)c1cccc([N+](=O)[O-])c1. The van der Waals surface area contributed by atoms with Crippen molar-refractivity contribution in [1.29, 1.82) is 0 Å². The van der Waals surface area contributed by atoms with Crippen LogP contribution in [0, 0.1) is 15.9 Å². The second-order valence-electron chi connectivity index (χ2n) is 6.35. The van der Waals surface area contributed by atoms with Crippen LogP contribution in [0.5, 0.6) is 11.5 Å². The topological polar surface area (TPSA) is 95.7 Å². The highest BCUT2D eigenvalue weighted by atomic mass is 19.1. The quantitative estimate of drug-likeness (QED) is 0.207. The molecule has 3 aromatic rings. The summed E-state index contributed by atoms with van der Waals surface area (Å²) in [7, 11) is 0. The van der Waals surface area contributed by atoms with Gasteiger partial charge in [0.15, 0.2) is 5.76 Å². The molecular weight excluding hydrogens is 393 g/mol. The highest BCUT2D eigenvalue weighted by Gasteiger charge is 2.28. The first-order valence-corrected chi connectivity index (χ1v) is 8.71. The van der Waals surface area contributed by atoms with Gasteiger partial charge < -0.3 is 9.47 Å². The molecule has 0 saturated carbocycles. The van der Waals surface area contributed by atoms with E-state index in [4.69, 9.17) is 9.47 Å². The zero-order valence-corrected chi connectivity index (χ0v) is 15.2. The van der Waals surface area contributed by atoms with E-state index >= 15 is 0 Å². The number of allylic oxidation sites excluding steroid dienone is 1. The Bertz CT molecular complexity index is 1220. The van der Waals surface area contributed by atoms with Gasteiger partial charge in [-0.3, -0.25) is 14.9 Å². The lowest BCUT2D eigenvalue weighted by atomic mass is 10.1. The molecule has 0 saturated heterocycles. The van der Waals surface area contributed by atoms with Crippen molar-refractivity contribution >= 4 is 23.5 Å². The van der Waals surface area contributed by atoms with Gasteiger partial charge in [0.2, 0.25) is 5.78 Å². The van der Waals surface area contributed by atoms with E-state index in [-0.39, 0.29) is 34.3 Å². The van der Waals surface area contributed by atoms with Gasteiger partial charge in [-0.15, -0.1) is 0 Å². The lowest BCUT2D eigenvalue weighted by molar-refractivity contribution is -0.384. The van der Waals surface area contributed by atoms with E-state index in [2.05, 4.69) is 0 Å². The summed E-state index contributed by atoms with van der Waals surface area (Å²) in [6, 6.07) is 15.0.